The fourth-order valence-corrected chi connectivity index (χ4v) is 0.932. The number of amides is 1. The summed E-state index contributed by atoms with van der Waals surface area (Å²) < 4.78 is 4.92. The molecular weight excluding hydrogens is 158 g/mol. The van der Waals surface area contributed by atoms with Crippen molar-refractivity contribution in [3.05, 3.63) is 0 Å². The second kappa shape index (κ2) is 4.42. The van der Waals surface area contributed by atoms with E-state index in [0.29, 0.717) is 6.61 Å². The highest BCUT2D eigenvalue weighted by atomic mass is 16.7. The lowest BCUT2D eigenvalue weighted by atomic mass is 9.94. The van der Waals surface area contributed by atoms with Crippen LogP contribution in [0.25, 0.3) is 0 Å². The summed E-state index contributed by atoms with van der Waals surface area (Å²) in [5, 5.41) is 1.21. The monoisotopic (exact) mass is 175 g/mol. The number of hydrogen-bond acceptors (Lipinski definition) is 3. The van der Waals surface area contributed by atoms with Gasteiger partial charge in [0.1, 0.15) is 0 Å². The molecule has 0 heterocycles. The molecule has 0 aromatic rings. The lowest BCUT2D eigenvalue weighted by Gasteiger charge is -2.26. The van der Waals surface area contributed by atoms with Crippen LogP contribution < -0.4 is 0 Å². The molecular formula is C8H17NO3. The van der Waals surface area contributed by atoms with Crippen LogP contribution in [0.3, 0.4) is 0 Å². The van der Waals surface area contributed by atoms with Crippen LogP contribution in [0.5, 0.6) is 0 Å². The Labute approximate surface area is 73.4 Å². The van der Waals surface area contributed by atoms with Crippen LogP contribution in [0, 0.1) is 5.41 Å². The maximum absolute atomic E-state index is 11.5. The van der Waals surface area contributed by atoms with Gasteiger partial charge in [0.25, 0.3) is 5.91 Å². The standard InChI is InChI=1S/C8H17NO3/c1-8(2,6-11-4)7(10)9(3)12-5/h6H2,1-5H3. The first kappa shape index (κ1) is 11.4. The van der Waals surface area contributed by atoms with Crippen molar-refractivity contribution in [3.8, 4) is 0 Å². The van der Waals surface area contributed by atoms with Crippen molar-refractivity contribution in [3.63, 3.8) is 0 Å². The number of ether oxygens (including phenoxy) is 1. The molecule has 1 amide bonds. The molecule has 0 unspecified atom stereocenters. The van der Waals surface area contributed by atoms with Gasteiger partial charge < -0.3 is 4.74 Å². The Morgan fingerprint density at radius 2 is 1.92 bits per heavy atom. The van der Waals surface area contributed by atoms with Crippen molar-refractivity contribution in [1.82, 2.24) is 5.06 Å². The first-order valence-corrected chi connectivity index (χ1v) is 3.77. The van der Waals surface area contributed by atoms with E-state index >= 15 is 0 Å². The van der Waals surface area contributed by atoms with Crippen LogP contribution >= 0.6 is 0 Å². The van der Waals surface area contributed by atoms with E-state index in [9.17, 15) is 4.79 Å². The number of methoxy groups -OCH3 is 1. The van der Waals surface area contributed by atoms with E-state index < -0.39 is 5.41 Å². The van der Waals surface area contributed by atoms with Gasteiger partial charge in [0.15, 0.2) is 0 Å². The normalized spacial score (nSPS) is 11.4. The average molecular weight is 175 g/mol. The maximum Gasteiger partial charge on any atom is 0.253 e. The van der Waals surface area contributed by atoms with Gasteiger partial charge in [-0.25, -0.2) is 5.06 Å². The first-order valence-electron chi connectivity index (χ1n) is 3.77. The minimum atomic E-state index is -0.528. The van der Waals surface area contributed by atoms with E-state index in [1.165, 1.54) is 12.2 Å². The van der Waals surface area contributed by atoms with Gasteiger partial charge in [-0.1, -0.05) is 0 Å². The SMILES string of the molecule is COCC(C)(C)C(=O)N(C)OC. The molecule has 4 heteroatoms. The van der Waals surface area contributed by atoms with Gasteiger partial charge in [-0.05, 0) is 13.8 Å². The van der Waals surface area contributed by atoms with Gasteiger partial charge in [0, 0.05) is 14.2 Å². The third-order valence-electron chi connectivity index (χ3n) is 1.64. The first-order chi connectivity index (χ1) is 5.45. The van der Waals surface area contributed by atoms with Crippen molar-refractivity contribution in [1.29, 1.82) is 0 Å². The molecule has 0 saturated heterocycles. The van der Waals surface area contributed by atoms with Gasteiger partial charge in [0.2, 0.25) is 0 Å². The van der Waals surface area contributed by atoms with Crippen LogP contribution in [0.2, 0.25) is 0 Å². The summed E-state index contributed by atoms with van der Waals surface area (Å²) in [6.07, 6.45) is 0. The van der Waals surface area contributed by atoms with Crippen molar-refractivity contribution in [2.45, 2.75) is 13.8 Å². The zero-order valence-corrected chi connectivity index (χ0v) is 8.38. The Balaban J connectivity index is 4.24. The Kier molecular flexibility index (Phi) is 4.20. The van der Waals surface area contributed by atoms with Gasteiger partial charge in [-0.15, -0.1) is 0 Å². The molecule has 0 aliphatic rings. The quantitative estimate of drug-likeness (QED) is 0.590. The largest absolute Gasteiger partial charge is 0.384 e. The lowest BCUT2D eigenvalue weighted by Crippen LogP contribution is -2.40. The average Bonchev–Trinajstić information content (AvgIpc) is 2.01. The molecule has 0 atom stereocenters. The van der Waals surface area contributed by atoms with E-state index in [1.54, 1.807) is 14.2 Å². The minimum Gasteiger partial charge on any atom is -0.384 e. The smallest absolute Gasteiger partial charge is 0.253 e. The predicted molar refractivity (Wildman–Crippen MR) is 45.4 cm³/mol. The summed E-state index contributed by atoms with van der Waals surface area (Å²) in [6.45, 7) is 4.02. The molecule has 0 aliphatic carbocycles. The molecule has 0 bridgehead atoms. The molecule has 0 rings (SSSR count). The third-order valence-corrected chi connectivity index (χ3v) is 1.64. The van der Waals surface area contributed by atoms with Crippen LogP contribution in [0.4, 0.5) is 0 Å². The summed E-state index contributed by atoms with van der Waals surface area (Å²) >= 11 is 0. The van der Waals surface area contributed by atoms with Crippen molar-refractivity contribution >= 4 is 5.91 Å². The number of hydrogen-bond donors (Lipinski definition) is 0. The van der Waals surface area contributed by atoms with Crippen molar-refractivity contribution < 1.29 is 14.4 Å². The summed E-state index contributed by atoms with van der Waals surface area (Å²) in [6, 6.07) is 0. The minimum absolute atomic E-state index is 0.0909. The number of hydroxylamine groups is 2. The fraction of sp³-hybridized carbons (Fsp3) is 0.875. The number of nitrogens with zero attached hydrogens (tertiary/aromatic N) is 1. The molecule has 0 radical (unpaired) electrons. The molecule has 4 nitrogen and oxygen atoms in total. The van der Waals surface area contributed by atoms with E-state index in [0.717, 1.165) is 0 Å². The Hall–Kier alpha value is -0.610. The van der Waals surface area contributed by atoms with E-state index in [2.05, 4.69) is 0 Å². The summed E-state index contributed by atoms with van der Waals surface area (Å²) in [5.41, 5.74) is -0.528. The van der Waals surface area contributed by atoms with E-state index in [1.807, 2.05) is 13.8 Å². The molecule has 0 spiro atoms. The Morgan fingerprint density at radius 3 is 2.25 bits per heavy atom. The van der Waals surface area contributed by atoms with Gasteiger partial charge in [-0.2, -0.15) is 0 Å². The van der Waals surface area contributed by atoms with Crippen LogP contribution in [0.1, 0.15) is 13.8 Å². The zero-order chi connectivity index (χ0) is 9.78. The summed E-state index contributed by atoms with van der Waals surface area (Å²) in [4.78, 5) is 16.3. The van der Waals surface area contributed by atoms with Crippen LogP contribution in [0.15, 0.2) is 0 Å². The van der Waals surface area contributed by atoms with Crippen molar-refractivity contribution in [2.24, 2.45) is 5.41 Å². The number of carbonyl (C=O) groups is 1. The van der Waals surface area contributed by atoms with Gasteiger partial charge >= 0.3 is 0 Å². The van der Waals surface area contributed by atoms with Crippen LogP contribution in [-0.2, 0) is 14.4 Å². The highest BCUT2D eigenvalue weighted by Crippen LogP contribution is 2.18. The zero-order valence-electron chi connectivity index (χ0n) is 8.38. The molecule has 0 aliphatic heterocycles. The Morgan fingerprint density at radius 1 is 1.42 bits per heavy atom. The molecule has 0 saturated carbocycles. The maximum atomic E-state index is 11.5. The molecule has 0 N–H and O–H groups in total. The molecule has 72 valence electrons. The van der Waals surface area contributed by atoms with E-state index in [4.69, 9.17) is 9.57 Å². The topological polar surface area (TPSA) is 38.8 Å². The fourth-order valence-electron chi connectivity index (χ4n) is 0.932. The van der Waals surface area contributed by atoms with Gasteiger partial charge in [-0.3, -0.25) is 9.63 Å². The molecule has 0 aromatic heterocycles. The molecule has 12 heavy (non-hydrogen) atoms. The molecule has 0 aromatic carbocycles. The number of rotatable bonds is 4. The highest BCUT2D eigenvalue weighted by molar-refractivity contribution is 5.80. The summed E-state index contributed by atoms with van der Waals surface area (Å²) in [5.74, 6) is -0.0909. The molecule has 0 fully saturated rings. The second-order valence-electron chi connectivity index (χ2n) is 3.30. The van der Waals surface area contributed by atoms with Crippen LogP contribution in [-0.4, -0.2) is 38.8 Å². The predicted octanol–water partition coefficient (Wildman–Crippen LogP) is 0.679. The highest BCUT2D eigenvalue weighted by Gasteiger charge is 2.30. The number of carbonyl (C=O) groups excluding carboxylic acids is 1. The Bertz CT molecular complexity index is 156. The van der Waals surface area contributed by atoms with Gasteiger partial charge in [0.05, 0.1) is 19.1 Å². The second-order valence-corrected chi connectivity index (χ2v) is 3.30. The van der Waals surface area contributed by atoms with Crippen molar-refractivity contribution in [2.75, 3.05) is 27.9 Å². The van der Waals surface area contributed by atoms with E-state index in [-0.39, 0.29) is 5.91 Å². The summed E-state index contributed by atoms with van der Waals surface area (Å²) in [7, 11) is 4.61. The third kappa shape index (κ3) is 2.79. The lowest BCUT2D eigenvalue weighted by molar-refractivity contribution is -0.181.